The number of aliphatic hydroxyl groups is 1. The van der Waals surface area contributed by atoms with Crippen molar-refractivity contribution in [2.24, 2.45) is 0 Å². The van der Waals surface area contributed by atoms with Crippen LogP contribution in [0.4, 0.5) is 0 Å². The van der Waals surface area contributed by atoms with Gasteiger partial charge in [-0.3, -0.25) is 0 Å². The summed E-state index contributed by atoms with van der Waals surface area (Å²) in [5, 5.41) is 16.1. The lowest BCUT2D eigenvalue weighted by molar-refractivity contribution is 0.240. The Balaban J connectivity index is 1.90. The number of nitrogens with one attached hydrogen (secondary N) is 1. The minimum atomic E-state index is 0.0642. The molecule has 2 aromatic rings. The van der Waals surface area contributed by atoms with Crippen molar-refractivity contribution in [3.8, 4) is 0 Å². The van der Waals surface area contributed by atoms with Crippen LogP contribution in [0.15, 0.2) is 35.7 Å². The monoisotopic (exact) mass is 304 g/mol. The highest BCUT2D eigenvalue weighted by molar-refractivity contribution is 7.09. The van der Waals surface area contributed by atoms with E-state index in [9.17, 15) is 5.11 Å². The summed E-state index contributed by atoms with van der Waals surface area (Å²) in [4.78, 5) is 4.67. The van der Waals surface area contributed by atoms with Gasteiger partial charge in [-0.2, -0.15) is 0 Å². The van der Waals surface area contributed by atoms with Gasteiger partial charge in [-0.15, -0.1) is 11.3 Å². The molecule has 2 N–H and O–H groups in total. The molecule has 1 heterocycles. The third-order valence-electron chi connectivity index (χ3n) is 3.41. The van der Waals surface area contributed by atoms with E-state index < -0.39 is 0 Å². The maximum absolute atomic E-state index is 9.52. The van der Waals surface area contributed by atoms with Crippen LogP contribution in [0, 0.1) is 0 Å². The smallest absolute Gasteiger partial charge is 0.107 e. The van der Waals surface area contributed by atoms with E-state index >= 15 is 0 Å². The third-order valence-corrected chi connectivity index (χ3v) is 4.26. The average Bonchev–Trinajstić information content (AvgIpc) is 2.93. The third kappa shape index (κ3) is 4.92. The first kappa shape index (κ1) is 16.1. The largest absolute Gasteiger partial charge is 0.395 e. The number of nitrogens with zero attached hydrogens (tertiary/aromatic N) is 1. The summed E-state index contributed by atoms with van der Waals surface area (Å²) in [5.41, 5.74) is 2.46. The minimum absolute atomic E-state index is 0.0642. The maximum atomic E-state index is 9.52. The molecule has 0 aliphatic carbocycles. The second-order valence-corrected chi connectivity index (χ2v) is 7.27. The second kappa shape index (κ2) is 7.16. The van der Waals surface area contributed by atoms with Crippen molar-refractivity contribution >= 4 is 11.3 Å². The topological polar surface area (TPSA) is 45.1 Å². The highest BCUT2D eigenvalue weighted by atomic mass is 32.1. The molecule has 3 nitrogen and oxygen atoms in total. The maximum Gasteiger partial charge on any atom is 0.107 e. The van der Waals surface area contributed by atoms with Crippen LogP contribution in [0.5, 0.6) is 0 Å². The van der Waals surface area contributed by atoms with E-state index in [0.717, 1.165) is 17.1 Å². The van der Waals surface area contributed by atoms with Gasteiger partial charge in [0.1, 0.15) is 5.01 Å². The molecule has 0 spiro atoms. The van der Waals surface area contributed by atoms with E-state index in [1.165, 1.54) is 5.56 Å². The SMILES string of the molecule is CC(C)(C)c1csc(CNC(CO)Cc2ccccc2)n1. The molecular weight excluding hydrogens is 280 g/mol. The summed E-state index contributed by atoms with van der Waals surface area (Å²) >= 11 is 1.68. The van der Waals surface area contributed by atoms with Gasteiger partial charge in [0, 0.05) is 23.4 Å². The molecule has 0 fully saturated rings. The predicted octanol–water partition coefficient (Wildman–Crippen LogP) is 3.13. The molecule has 114 valence electrons. The Morgan fingerprint density at radius 2 is 1.95 bits per heavy atom. The molecule has 0 radical (unpaired) electrons. The van der Waals surface area contributed by atoms with Gasteiger partial charge in [0.2, 0.25) is 0 Å². The van der Waals surface area contributed by atoms with Crippen LogP contribution in [0.25, 0.3) is 0 Å². The molecule has 0 aliphatic heterocycles. The van der Waals surface area contributed by atoms with Crippen molar-refractivity contribution in [1.82, 2.24) is 10.3 Å². The van der Waals surface area contributed by atoms with Crippen molar-refractivity contribution in [3.05, 3.63) is 52.0 Å². The molecule has 2 rings (SSSR count). The van der Waals surface area contributed by atoms with E-state index in [2.05, 4.69) is 48.6 Å². The summed E-state index contributed by atoms with van der Waals surface area (Å²) in [5.74, 6) is 0. The van der Waals surface area contributed by atoms with Crippen LogP contribution in [-0.2, 0) is 18.4 Å². The highest BCUT2D eigenvalue weighted by Crippen LogP contribution is 2.23. The van der Waals surface area contributed by atoms with Crippen molar-refractivity contribution in [1.29, 1.82) is 0 Å². The quantitative estimate of drug-likeness (QED) is 0.862. The standard InChI is InChI=1S/C17H24N2OS/c1-17(2,3)15-12-21-16(19-15)10-18-14(11-20)9-13-7-5-4-6-8-13/h4-8,12,14,18,20H,9-11H2,1-3H3. The van der Waals surface area contributed by atoms with Crippen LogP contribution < -0.4 is 5.32 Å². The molecule has 1 atom stereocenters. The number of hydrogen-bond donors (Lipinski definition) is 2. The molecule has 0 aliphatic rings. The van der Waals surface area contributed by atoms with Crippen molar-refractivity contribution in [2.75, 3.05) is 6.61 Å². The first-order chi connectivity index (χ1) is 9.99. The van der Waals surface area contributed by atoms with Crippen LogP contribution in [0.1, 0.15) is 37.0 Å². The Kier molecular flexibility index (Phi) is 5.51. The Hall–Kier alpha value is -1.23. The zero-order valence-electron chi connectivity index (χ0n) is 13.0. The van der Waals surface area contributed by atoms with Gasteiger partial charge in [0.05, 0.1) is 12.3 Å². The number of benzene rings is 1. The van der Waals surface area contributed by atoms with Gasteiger partial charge in [-0.1, -0.05) is 51.1 Å². The van der Waals surface area contributed by atoms with Crippen LogP contribution in [0.3, 0.4) is 0 Å². The van der Waals surface area contributed by atoms with E-state index in [1.807, 2.05) is 18.2 Å². The number of rotatable bonds is 6. The summed E-state index contributed by atoms with van der Waals surface area (Å²) in [6.45, 7) is 7.35. The van der Waals surface area contributed by atoms with Gasteiger partial charge < -0.3 is 10.4 Å². The lowest BCUT2D eigenvalue weighted by atomic mass is 9.93. The van der Waals surface area contributed by atoms with Crippen LogP contribution >= 0.6 is 11.3 Å². The Morgan fingerprint density at radius 1 is 1.24 bits per heavy atom. The molecule has 0 bridgehead atoms. The molecule has 4 heteroatoms. The average molecular weight is 304 g/mol. The summed E-state index contributed by atoms with van der Waals surface area (Å²) < 4.78 is 0. The molecule has 1 aromatic carbocycles. The van der Waals surface area contributed by atoms with E-state index in [1.54, 1.807) is 11.3 Å². The fraction of sp³-hybridized carbons (Fsp3) is 0.471. The zero-order valence-corrected chi connectivity index (χ0v) is 13.8. The fourth-order valence-electron chi connectivity index (χ4n) is 2.07. The molecule has 1 aromatic heterocycles. The zero-order chi connectivity index (χ0) is 15.3. The van der Waals surface area contributed by atoms with Crippen LogP contribution in [-0.4, -0.2) is 22.7 Å². The second-order valence-electron chi connectivity index (χ2n) is 6.33. The first-order valence-electron chi connectivity index (χ1n) is 7.32. The lowest BCUT2D eigenvalue weighted by Crippen LogP contribution is -2.34. The number of thiazole rings is 1. The highest BCUT2D eigenvalue weighted by Gasteiger charge is 2.17. The van der Waals surface area contributed by atoms with Gasteiger partial charge in [0.15, 0.2) is 0 Å². The van der Waals surface area contributed by atoms with Crippen LogP contribution in [0.2, 0.25) is 0 Å². The van der Waals surface area contributed by atoms with Gasteiger partial charge >= 0.3 is 0 Å². The predicted molar refractivity (Wildman–Crippen MR) is 88.7 cm³/mol. The molecule has 21 heavy (non-hydrogen) atoms. The lowest BCUT2D eigenvalue weighted by Gasteiger charge is -2.16. The van der Waals surface area contributed by atoms with Gasteiger partial charge in [-0.25, -0.2) is 4.98 Å². The van der Waals surface area contributed by atoms with E-state index in [-0.39, 0.29) is 18.1 Å². The van der Waals surface area contributed by atoms with Gasteiger partial charge in [0.25, 0.3) is 0 Å². The van der Waals surface area contributed by atoms with Crippen molar-refractivity contribution in [3.63, 3.8) is 0 Å². The van der Waals surface area contributed by atoms with Crippen molar-refractivity contribution < 1.29 is 5.11 Å². The molecule has 0 amide bonds. The first-order valence-corrected chi connectivity index (χ1v) is 8.20. The number of aliphatic hydroxyl groups excluding tert-OH is 1. The fourth-order valence-corrected chi connectivity index (χ4v) is 3.04. The minimum Gasteiger partial charge on any atom is -0.395 e. The summed E-state index contributed by atoms with van der Waals surface area (Å²) in [7, 11) is 0. The number of hydrogen-bond acceptors (Lipinski definition) is 4. The molecule has 0 saturated heterocycles. The Bertz CT molecular complexity index is 545. The molecular formula is C17H24N2OS. The van der Waals surface area contributed by atoms with E-state index in [0.29, 0.717) is 6.54 Å². The summed E-state index contributed by atoms with van der Waals surface area (Å²) in [6.07, 6.45) is 0.828. The van der Waals surface area contributed by atoms with Gasteiger partial charge in [-0.05, 0) is 12.0 Å². The molecule has 1 unspecified atom stereocenters. The normalized spacial score (nSPS) is 13.3. The van der Waals surface area contributed by atoms with E-state index in [4.69, 9.17) is 0 Å². The Labute approximate surface area is 131 Å². The molecule has 0 saturated carbocycles. The number of aromatic nitrogens is 1. The summed E-state index contributed by atoms with van der Waals surface area (Å²) in [6, 6.07) is 10.3. The van der Waals surface area contributed by atoms with Crippen molar-refractivity contribution in [2.45, 2.75) is 45.2 Å². The Morgan fingerprint density at radius 3 is 2.52 bits per heavy atom.